The Kier molecular flexibility index (Phi) is 7.43. The van der Waals surface area contributed by atoms with E-state index < -0.39 is 41.6 Å². The van der Waals surface area contributed by atoms with Crippen LogP contribution in [0.15, 0.2) is 42.5 Å². The molecule has 0 radical (unpaired) electrons. The van der Waals surface area contributed by atoms with Gasteiger partial charge in [-0.2, -0.15) is 0 Å². The largest absolute Gasteiger partial charge is 0.352 e. The molecule has 0 aromatic heterocycles. The first-order valence-corrected chi connectivity index (χ1v) is 12.5. The quantitative estimate of drug-likeness (QED) is 0.613. The summed E-state index contributed by atoms with van der Waals surface area (Å²) >= 11 is 0. The van der Waals surface area contributed by atoms with Gasteiger partial charge in [0.05, 0.1) is 0 Å². The fourth-order valence-electron chi connectivity index (χ4n) is 5.38. The Morgan fingerprint density at radius 1 is 1.06 bits per heavy atom. The van der Waals surface area contributed by atoms with Crippen LogP contribution in [0, 0.1) is 23.5 Å². The van der Waals surface area contributed by atoms with Crippen molar-refractivity contribution >= 4 is 17.7 Å². The first-order valence-electron chi connectivity index (χ1n) is 12.5. The van der Waals surface area contributed by atoms with E-state index in [0.717, 1.165) is 29.3 Å². The van der Waals surface area contributed by atoms with Crippen LogP contribution in [-0.4, -0.2) is 40.7 Å². The van der Waals surface area contributed by atoms with Crippen molar-refractivity contribution in [3.05, 3.63) is 70.8 Å². The topological polar surface area (TPSA) is 78.5 Å². The van der Waals surface area contributed by atoms with Gasteiger partial charge >= 0.3 is 0 Å². The number of nitrogens with one attached hydrogen (secondary N) is 2. The van der Waals surface area contributed by atoms with Gasteiger partial charge in [-0.05, 0) is 74.3 Å². The normalized spacial score (nSPS) is 21.1. The van der Waals surface area contributed by atoms with Gasteiger partial charge in [0, 0.05) is 11.6 Å². The highest BCUT2D eigenvalue weighted by Crippen LogP contribution is 2.36. The summed E-state index contributed by atoms with van der Waals surface area (Å²) in [6.07, 6.45) is 1.48. The molecular formula is C28H33F2N3O3. The van der Waals surface area contributed by atoms with Gasteiger partial charge < -0.3 is 15.5 Å². The molecule has 1 aliphatic heterocycles. The molecule has 192 valence electrons. The Balaban J connectivity index is 1.79. The number of piperazine rings is 1. The molecule has 0 spiro atoms. The van der Waals surface area contributed by atoms with Crippen LogP contribution in [-0.2, 0) is 27.2 Å². The van der Waals surface area contributed by atoms with E-state index >= 15 is 4.39 Å². The minimum atomic E-state index is -1.49. The molecule has 6 nitrogen and oxygen atoms in total. The summed E-state index contributed by atoms with van der Waals surface area (Å²) in [5, 5.41) is 5.65. The molecule has 2 aromatic carbocycles. The summed E-state index contributed by atoms with van der Waals surface area (Å²) in [4.78, 5) is 42.3. The molecule has 1 saturated heterocycles. The third-order valence-electron chi connectivity index (χ3n) is 6.92. The molecule has 0 bridgehead atoms. The third-order valence-corrected chi connectivity index (χ3v) is 6.92. The van der Waals surface area contributed by atoms with Crippen molar-refractivity contribution in [2.45, 2.75) is 71.1 Å². The molecule has 3 amide bonds. The highest BCUT2D eigenvalue weighted by atomic mass is 19.1. The third kappa shape index (κ3) is 5.13. The van der Waals surface area contributed by atoms with Gasteiger partial charge in [-0.1, -0.05) is 38.1 Å². The molecule has 0 unspecified atom stereocenters. The van der Waals surface area contributed by atoms with Crippen LogP contribution in [0.25, 0.3) is 0 Å². The average molecular weight is 498 g/mol. The van der Waals surface area contributed by atoms with Crippen molar-refractivity contribution < 1.29 is 23.2 Å². The van der Waals surface area contributed by atoms with E-state index in [1.54, 1.807) is 13.8 Å². The van der Waals surface area contributed by atoms with Gasteiger partial charge in [0.2, 0.25) is 17.7 Å². The zero-order chi connectivity index (χ0) is 26.1. The van der Waals surface area contributed by atoms with Crippen LogP contribution >= 0.6 is 0 Å². The lowest BCUT2D eigenvalue weighted by atomic mass is 9.87. The number of amides is 3. The van der Waals surface area contributed by atoms with Crippen LogP contribution in [0.2, 0.25) is 0 Å². The van der Waals surface area contributed by atoms with Crippen LogP contribution in [0.3, 0.4) is 0 Å². The fraction of sp³-hybridized carbons (Fsp3) is 0.464. The van der Waals surface area contributed by atoms with Crippen LogP contribution < -0.4 is 10.6 Å². The lowest BCUT2D eigenvalue weighted by Gasteiger charge is -2.45. The highest BCUT2D eigenvalue weighted by molar-refractivity contribution is 6.00. The lowest BCUT2D eigenvalue weighted by molar-refractivity contribution is -0.158. The predicted octanol–water partition coefficient (Wildman–Crippen LogP) is 3.69. The van der Waals surface area contributed by atoms with Gasteiger partial charge in [0.25, 0.3) is 0 Å². The van der Waals surface area contributed by atoms with Crippen LogP contribution in [0.4, 0.5) is 8.78 Å². The molecule has 2 aromatic rings. The summed E-state index contributed by atoms with van der Waals surface area (Å²) in [5.41, 5.74) is 1.97. The number of hydrogen-bond acceptors (Lipinski definition) is 3. The number of benzene rings is 2. The van der Waals surface area contributed by atoms with E-state index in [9.17, 15) is 18.8 Å². The Labute approximate surface area is 210 Å². The van der Waals surface area contributed by atoms with Gasteiger partial charge in [-0.25, -0.2) is 8.78 Å². The molecule has 36 heavy (non-hydrogen) atoms. The molecule has 0 saturated carbocycles. The molecule has 1 aliphatic carbocycles. The van der Waals surface area contributed by atoms with E-state index in [4.69, 9.17) is 0 Å². The molecule has 2 N–H and O–H groups in total. The number of nitrogens with zero attached hydrogens (tertiary/aromatic N) is 1. The summed E-state index contributed by atoms with van der Waals surface area (Å²) in [5.74, 6) is -3.23. The zero-order valence-electron chi connectivity index (χ0n) is 21.1. The number of halogens is 2. The number of carbonyl (C=O) groups excluding carboxylic acids is 3. The first-order chi connectivity index (χ1) is 17.1. The van der Waals surface area contributed by atoms with E-state index in [-0.39, 0.29) is 35.8 Å². The van der Waals surface area contributed by atoms with Crippen molar-refractivity contribution in [3.8, 4) is 0 Å². The standard InChI is InChI=1S/C28H33F2N3O3/c1-15(2)11-23-26(34)32-24(19-12-17-7-5-6-8-18(17)13-19)28(36)33(23)25(27(35)31-16(3)4)21-14-20(29)9-10-22(21)30/h5-10,14-16,19,23-25H,11-13H2,1-4H3,(H,31,35)(H,32,34)/t23-,24-,25-/m1/s1. The van der Waals surface area contributed by atoms with E-state index in [2.05, 4.69) is 10.6 Å². The molecule has 3 atom stereocenters. The predicted molar refractivity (Wildman–Crippen MR) is 132 cm³/mol. The van der Waals surface area contributed by atoms with Crippen molar-refractivity contribution in [1.82, 2.24) is 15.5 Å². The van der Waals surface area contributed by atoms with Crippen molar-refractivity contribution in [2.24, 2.45) is 11.8 Å². The molecule has 1 fully saturated rings. The lowest BCUT2D eigenvalue weighted by Crippen LogP contribution is -2.67. The number of hydrogen-bond donors (Lipinski definition) is 2. The number of fused-ring (bicyclic) bond motifs is 1. The van der Waals surface area contributed by atoms with Gasteiger partial charge in [-0.15, -0.1) is 0 Å². The highest BCUT2D eigenvalue weighted by Gasteiger charge is 2.50. The van der Waals surface area contributed by atoms with E-state index in [1.165, 1.54) is 4.90 Å². The number of rotatable bonds is 7. The van der Waals surface area contributed by atoms with Crippen LogP contribution in [0.1, 0.15) is 56.8 Å². The second-order valence-corrected chi connectivity index (χ2v) is 10.5. The summed E-state index contributed by atoms with van der Waals surface area (Å²) < 4.78 is 29.4. The van der Waals surface area contributed by atoms with Crippen LogP contribution in [0.5, 0.6) is 0 Å². The Hall–Kier alpha value is -3.29. The Bertz CT molecular complexity index is 1140. The van der Waals surface area contributed by atoms with E-state index in [1.807, 2.05) is 38.1 Å². The smallest absolute Gasteiger partial charge is 0.247 e. The zero-order valence-corrected chi connectivity index (χ0v) is 21.1. The van der Waals surface area contributed by atoms with Gasteiger partial charge in [0.15, 0.2) is 0 Å². The minimum absolute atomic E-state index is 0.00880. The second kappa shape index (κ2) is 10.4. The summed E-state index contributed by atoms with van der Waals surface area (Å²) in [7, 11) is 0. The first kappa shape index (κ1) is 25.8. The van der Waals surface area contributed by atoms with Crippen molar-refractivity contribution in [3.63, 3.8) is 0 Å². The van der Waals surface area contributed by atoms with Crippen molar-refractivity contribution in [1.29, 1.82) is 0 Å². The van der Waals surface area contributed by atoms with Gasteiger partial charge in [0.1, 0.15) is 29.8 Å². The summed E-state index contributed by atoms with van der Waals surface area (Å²) in [6, 6.07) is 7.05. The maximum Gasteiger partial charge on any atom is 0.247 e. The minimum Gasteiger partial charge on any atom is -0.352 e. The monoisotopic (exact) mass is 497 g/mol. The summed E-state index contributed by atoms with van der Waals surface area (Å²) in [6.45, 7) is 7.29. The maximum atomic E-state index is 15.1. The second-order valence-electron chi connectivity index (χ2n) is 10.5. The number of carbonyl (C=O) groups is 3. The van der Waals surface area contributed by atoms with Gasteiger partial charge in [-0.3, -0.25) is 14.4 Å². The molecule has 2 aliphatic rings. The Morgan fingerprint density at radius 2 is 1.69 bits per heavy atom. The van der Waals surface area contributed by atoms with Crippen molar-refractivity contribution in [2.75, 3.05) is 0 Å². The Morgan fingerprint density at radius 3 is 2.28 bits per heavy atom. The maximum absolute atomic E-state index is 15.1. The molecule has 4 rings (SSSR count). The molecule has 8 heteroatoms. The average Bonchev–Trinajstić information content (AvgIpc) is 3.23. The van der Waals surface area contributed by atoms with E-state index in [0.29, 0.717) is 12.8 Å². The SMILES string of the molecule is CC(C)C[C@@H]1C(=O)N[C@H](C2Cc3ccccc3C2)C(=O)N1[C@@H](C(=O)NC(C)C)c1cc(F)ccc1F. The molecule has 1 heterocycles. The fourth-order valence-corrected chi connectivity index (χ4v) is 5.38. The molecular weight excluding hydrogens is 464 g/mol.